The Morgan fingerprint density at radius 2 is 2.05 bits per heavy atom. The number of hydrogen-bond acceptors (Lipinski definition) is 4. The fourth-order valence-electron chi connectivity index (χ4n) is 1.79. The average Bonchev–Trinajstić information content (AvgIpc) is 2.38. The quantitative estimate of drug-likeness (QED) is 0.838. The second-order valence-electron chi connectivity index (χ2n) is 5.07. The summed E-state index contributed by atoms with van der Waals surface area (Å²) in [6, 6.07) is 7.98. The number of anilines is 1. The number of hydrogen-bond donors (Lipinski definition) is 2. The molecule has 0 aliphatic rings. The molecule has 0 saturated carbocycles. The summed E-state index contributed by atoms with van der Waals surface area (Å²) in [6.07, 6.45) is -0.604. The summed E-state index contributed by atoms with van der Waals surface area (Å²) in [7, 11) is 0. The second-order valence-corrected chi connectivity index (χ2v) is 5.07. The molecule has 1 amide bonds. The molecule has 20 heavy (non-hydrogen) atoms. The van der Waals surface area contributed by atoms with E-state index in [1.54, 1.807) is 24.3 Å². The van der Waals surface area contributed by atoms with Crippen LogP contribution < -0.4 is 10.9 Å². The van der Waals surface area contributed by atoms with Gasteiger partial charge in [-0.1, -0.05) is 13.8 Å². The number of fused-ring (bicyclic) bond motifs is 1. The molecule has 5 heteroatoms. The maximum atomic E-state index is 11.8. The lowest BCUT2D eigenvalue weighted by Gasteiger charge is -2.14. The van der Waals surface area contributed by atoms with Crippen LogP contribution in [0.3, 0.4) is 0 Å². The van der Waals surface area contributed by atoms with Crippen molar-refractivity contribution >= 4 is 22.6 Å². The Labute approximate surface area is 116 Å². The van der Waals surface area contributed by atoms with Crippen molar-refractivity contribution in [2.45, 2.75) is 26.4 Å². The van der Waals surface area contributed by atoms with Gasteiger partial charge in [0.15, 0.2) is 0 Å². The average molecular weight is 275 g/mol. The molecule has 0 fully saturated rings. The number of amides is 1. The zero-order chi connectivity index (χ0) is 14.7. The second kappa shape index (κ2) is 5.88. The molecule has 1 unspecified atom stereocenters. The summed E-state index contributed by atoms with van der Waals surface area (Å²) in [5.74, 6) is -0.213. The van der Waals surface area contributed by atoms with E-state index in [-0.39, 0.29) is 18.2 Å². The molecule has 1 heterocycles. The fraction of sp³-hybridized carbons (Fsp3) is 0.333. The third kappa shape index (κ3) is 3.45. The van der Waals surface area contributed by atoms with Crippen molar-refractivity contribution in [2.24, 2.45) is 5.92 Å². The Balaban J connectivity index is 2.12. The third-order valence-corrected chi connectivity index (χ3v) is 3.07. The SMILES string of the molecule is CC(C)C(O)CC(=O)Nc1ccc2oc(=O)ccc2c1. The van der Waals surface area contributed by atoms with Crippen LogP contribution in [-0.2, 0) is 4.79 Å². The molecule has 106 valence electrons. The zero-order valence-electron chi connectivity index (χ0n) is 11.4. The largest absolute Gasteiger partial charge is 0.423 e. The lowest BCUT2D eigenvalue weighted by molar-refractivity contribution is -0.118. The lowest BCUT2D eigenvalue weighted by Crippen LogP contribution is -2.23. The standard InChI is InChI=1S/C15H17NO4/c1-9(2)12(17)8-14(18)16-11-4-5-13-10(7-11)3-6-15(19)20-13/h3-7,9,12,17H,8H2,1-2H3,(H,16,18). The van der Waals surface area contributed by atoms with Crippen LogP contribution in [0.2, 0.25) is 0 Å². The van der Waals surface area contributed by atoms with Gasteiger partial charge in [-0.2, -0.15) is 0 Å². The molecule has 0 saturated heterocycles. The first-order valence-corrected chi connectivity index (χ1v) is 6.47. The van der Waals surface area contributed by atoms with Crippen LogP contribution in [-0.4, -0.2) is 17.1 Å². The molecule has 2 N–H and O–H groups in total. The monoisotopic (exact) mass is 275 g/mol. The predicted molar refractivity (Wildman–Crippen MR) is 76.6 cm³/mol. The van der Waals surface area contributed by atoms with Crippen molar-refractivity contribution in [3.63, 3.8) is 0 Å². The molecular formula is C15H17NO4. The van der Waals surface area contributed by atoms with Crippen LogP contribution in [0.4, 0.5) is 5.69 Å². The minimum absolute atomic E-state index is 0.0339. The molecule has 1 atom stereocenters. The molecule has 0 spiro atoms. The number of rotatable bonds is 4. The van der Waals surface area contributed by atoms with Crippen LogP contribution in [0, 0.1) is 5.92 Å². The number of benzene rings is 1. The topological polar surface area (TPSA) is 79.5 Å². The van der Waals surface area contributed by atoms with E-state index in [0.717, 1.165) is 5.39 Å². The Morgan fingerprint density at radius 1 is 1.30 bits per heavy atom. The highest BCUT2D eigenvalue weighted by Gasteiger charge is 2.14. The van der Waals surface area contributed by atoms with Gasteiger partial charge in [0.2, 0.25) is 5.91 Å². The number of nitrogens with one attached hydrogen (secondary N) is 1. The summed E-state index contributed by atoms with van der Waals surface area (Å²) < 4.78 is 5.01. The summed E-state index contributed by atoms with van der Waals surface area (Å²) in [6.45, 7) is 3.71. The van der Waals surface area contributed by atoms with Gasteiger partial charge in [-0.25, -0.2) is 4.79 Å². The Bertz CT molecular complexity index is 675. The molecule has 2 rings (SSSR count). The van der Waals surface area contributed by atoms with Crippen LogP contribution in [0.15, 0.2) is 39.5 Å². The van der Waals surface area contributed by atoms with Gasteiger partial charge in [-0.15, -0.1) is 0 Å². The summed E-state index contributed by atoms with van der Waals surface area (Å²) >= 11 is 0. The third-order valence-electron chi connectivity index (χ3n) is 3.07. The Kier molecular flexibility index (Phi) is 4.20. The molecule has 1 aromatic carbocycles. The van der Waals surface area contributed by atoms with Crippen LogP contribution in [0.1, 0.15) is 20.3 Å². The summed E-state index contributed by atoms with van der Waals surface area (Å²) in [4.78, 5) is 22.8. The Hall–Kier alpha value is -2.14. The molecule has 1 aromatic heterocycles. The first-order valence-electron chi connectivity index (χ1n) is 6.47. The molecule has 0 aliphatic heterocycles. The molecule has 0 aliphatic carbocycles. The molecule has 5 nitrogen and oxygen atoms in total. The van der Waals surface area contributed by atoms with Crippen LogP contribution in [0.5, 0.6) is 0 Å². The van der Waals surface area contributed by atoms with E-state index >= 15 is 0 Å². The van der Waals surface area contributed by atoms with E-state index in [4.69, 9.17) is 4.42 Å². The summed E-state index contributed by atoms with van der Waals surface area (Å²) in [5, 5.41) is 13.1. The normalized spacial score (nSPS) is 12.6. The number of carbonyl (C=O) groups excluding carboxylic acids is 1. The minimum Gasteiger partial charge on any atom is -0.423 e. The number of aliphatic hydroxyl groups is 1. The maximum Gasteiger partial charge on any atom is 0.336 e. The van der Waals surface area contributed by atoms with Gasteiger partial charge < -0.3 is 14.8 Å². The lowest BCUT2D eigenvalue weighted by atomic mass is 10.0. The van der Waals surface area contributed by atoms with Crippen molar-refractivity contribution in [3.8, 4) is 0 Å². The van der Waals surface area contributed by atoms with E-state index in [0.29, 0.717) is 11.3 Å². The number of carbonyl (C=O) groups is 1. The minimum atomic E-state index is -0.659. The molecular weight excluding hydrogens is 258 g/mol. The van der Waals surface area contributed by atoms with Crippen molar-refractivity contribution in [2.75, 3.05) is 5.32 Å². The predicted octanol–water partition coefficient (Wildman–Crippen LogP) is 2.14. The number of aliphatic hydroxyl groups excluding tert-OH is 1. The smallest absolute Gasteiger partial charge is 0.336 e. The van der Waals surface area contributed by atoms with Gasteiger partial charge in [0.25, 0.3) is 0 Å². The zero-order valence-corrected chi connectivity index (χ0v) is 11.4. The maximum absolute atomic E-state index is 11.8. The van der Waals surface area contributed by atoms with Crippen molar-refractivity contribution < 1.29 is 14.3 Å². The first kappa shape index (κ1) is 14.3. The van der Waals surface area contributed by atoms with Gasteiger partial charge >= 0.3 is 5.63 Å². The van der Waals surface area contributed by atoms with Crippen molar-refractivity contribution in [3.05, 3.63) is 40.8 Å². The van der Waals surface area contributed by atoms with E-state index < -0.39 is 11.7 Å². The first-order chi connectivity index (χ1) is 9.45. The highest BCUT2D eigenvalue weighted by molar-refractivity contribution is 5.93. The highest BCUT2D eigenvalue weighted by Crippen LogP contribution is 2.18. The van der Waals surface area contributed by atoms with Gasteiger partial charge in [-0.3, -0.25) is 4.79 Å². The van der Waals surface area contributed by atoms with Gasteiger partial charge in [0, 0.05) is 17.1 Å². The van der Waals surface area contributed by atoms with Gasteiger partial charge in [-0.05, 0) is 30.2 Å². The summed E-state index contributed by atoms with van der Waals surface area (Å²) in [5.41, 5.74) is 0.666. The van der Waals surface area contributed by atoms with Crippen molar-refractivity contribution in [1.29, 1.82) is 0 Å². The molecule has 0 bridgehead atoms. The van der Waals surface area contributed by atoms with E-state index in [9.17, 15) is 14.7 Å². The van der Waals surface area contributed by atoms with E-state index in [2.05, 4.69) is 5.32 Å². The van der Waals surface area contributed by atoms with E-state index in [1.165, 1.54) is 6.07 Å². The van der Waals surface area contributed by atoms with Gasteiger partial charge in [0.05, 0.1) is 12.5 Å². The highest BCUT2D eigenvalue weighted by atomic mass is 16.4. The van der Waals surface area contributed by atoms with Crippen LogP contribution >= 0.6 is 0 Å². The Morgan fingerprint density at radius 3 is 2.75 bits per heavy atom. The van der Waals surface area contributed by atoms with Gasteiger partial charge in [0.1, 0.15) is 5.58 Å². The fourth-order valence-corrected chi connectivity index (χ4v) is 1.79. The molecule has 2 aromatic rings. The molecule has 0 radical (unpaired) electrons. The van der Waals surface area contributed by atoms with Crippen LogP contribution in [0.25, 0.3) is 11.0 Å². The van der Waals surface area contributed by atoms with E-state index in [1.807, 2.05) is 13.8 Å². The van der Waals surface area contributed by atoms with Crippen molar-refractivity contribution in [1.82, 2.24) is 0 Å².